The van der Waals surface area contributed by atoms with Gasteiger partial charge in [-0.3, -0.25) is 0 Å². The number of aliphatic hydroxyl groups excluding tert-OH is 1. The molecule has 0 saturated carbocycles. The monoisotopic (exact) mass is 242 g/mol. The zero-order chi connectivity index (χ0) is 12.3. The highest BCUT2D eigenvalue weighted by Gasteiger charge is 2.33. The smallest absolute Gasteiger partial charge is 0.106 e. The average molecular weight is 242 g/mol. The van der Waals surface area contributed by atoms with Gasteiger partial charge in [0.25, 0.3) is 0 Å². The molecule has 0 aliphatic heterocycles. The van der Waals surface area contributed by atoms with Crippen molar-refractivity contribution in [3.05, 3.63) is 21.9 Å². The Morgan fingerprint density at radius 2 is 2.06 bits per heavy atom. The van der Waals surface area contributed by atoms with Crippen molar-refractivity contribution in [2.45, 2.75) is 46.8 Å². The van der Waals surface area contributed by atoms with Crippen LogP contribution >= 0.6 is 11.3 Å². The first kappa shape index (κ1) is 13.7. The Morgan fingerprint density at radius 1 is 1.44 bits per heavy atom. The molecular formula is C13H22O2S. The van der Waals surface area contributed by atoms with Gasteiger partial charge < -0.3 is 9.84 Å². The average Bonchev–Trinajstić information content (AvgIpc) is 2.58. The quantitative estimate of drug-likeness (QED) is 0.875. The summed E-state index contributed by atoms with van der Waals surface area (Å²) in [7, 11) is 0. The Labute approximate surface area is 102 Å². The third-order valence-electron chi connectivity index (χ3n) is 2.58. The lowest BCUT2D eigenvalue weighted by atomic mass is 9.84. The molecule has 0 aromatic carbocycles. The lowest BCUT2D eigenvalue weighted by molar-refractivity contribution is -0.0897. The summed E-state index contributed by atoms with van der Waals surface area (Å²) in [6.07, 6.45) is -0.698. The minimum atomic E-state index is -0.537. The van der Waals surface area contributed by atoms with Gasteiger partial charge in [0, 0.05) is 11.5 Å². The first-order valence-corrected chi connectivity index (χ1v) is 6.59. The van der Waals surface area contributed by atoms with E-state index in [-0.39, 0.29) is 11.5 Å². The van der Waals surface area contributed by atoms with Crippen LogP contribution in [0, 0.1) is 12.3 Å². The van der Waals surface area contributed by atoms with Gasteiger partial charge in [0.15, 0.2) is 0 Å². The highest BCUT2D eigenvalue weighted by atomic mass is 32.1. The molecule has 2 atom stereocenters. The van der Waals surface area contributed by atoms with E-state index in [9.17, 15) is 5.11 Å². The topological polar surface area (TPSA) is 29.5 Å². The van der Waals surface area contributed by atoms with Crippen molar-refractivity contribution in [3.63, 3.8) is 0 Å². The van der Waals surface area contributed by atoms with Gasteiger partial charge in [0.1, 0.15) is 6.10 Å². The van der Waals surface area contributed by atoms with Crippen molar-refractivity contribution < 1.29 is 9.84 Å². The molecule has 3 heteroatoms. The lowest BCUT2D eigenvalue weighted by Gasteiger charge is -2.33. The van der Waals surface area contributed by atoms with E-state index >= 15 is 0 Å². The van der Waals surface area contributed by atoms with Crippen LogP contribution < -0.4 is 0 Å². The molecule has 1 aromatic rings. The molecule has 0 spiro atoms. The molecular weight excluding hydrogens is 220 g/mol. The van der Waals surface area contributed by atoms with Crippen LogP contribution in [0.15, 0.2) is 11.4 Å². The Balaban J connectivity index is 2.86. The molecule has 16 heavy (non-hydrogen) atoms. The van der Waals surface area contributed by atoms with Gasteiger partial charge in [0.05, 0.1) is 6.10 Å². The van der Waals surface area contributed by atoms with Gasteiger partial charge >= 0.3 is 0 Å². The molecule has 0 fully saturated rings. The van der Waals surface area contributed by atoms with Crippen LogP contribution in [0.25, 0.3) is 0 Å². The normalized spacial score (nSPS) is 16.1. The summed E-state index contributed by atoms with van der Waals surface area (Å²) in [6, 6.07) is 2.03. The van der Waals surface area contributed by atoms with Crippen LogP contribution in [-0.2, 0) is 4.74 Å². The third kappa shape index (κ3) is 3.30. The molecule has 1 N–H and O–H groups in total. The molecule has 0 aliphatic rings. The van der Waals surface area contributed by atoms with Crippen molar-refractivity contribution in [1.82, 2.24) is 0 Å². The number of hydrogen-bond acceptors (Lipinski definition) is 3. The largest absolute Gasteiger partial charge is 0.386 e. The van der Waals surface area contributed by atoms with E-state index in [2.05, 4.69) is 20.8 Å². The molecule has 92 valence electrons. The summed E-state index contributed by atoms with van der Waals surface area (Å²) in [4.78, 5) is 1.22. The van der Waals surface area contributed by atoms with E-state index in [0.29, 0.717) is 6.61 Å². The number of aliphatic hydroxyl groups is 1. The van der Waals surface area contributed by atoms with E-state index in [4.69, 9.17) is 4.74 Å². The second kappa shape index (κ2) is 5.30. The molecule has 1 rings (SSSR count). The Hall–Kier alpha value is -0.380. The lowest BCUT2D eigenvalue weighted by Crippen LogP contribution is -2.35. The summed E-state index contributed by atoms with van der Waals surface area (Å²) < 4.78 is 5.69. The van der Waals surface area contributed by atoms with E-state index in [1.165, 1.54) is 4.88 Å². The SMILES string of the molecule is CCOC(C(O)c1csc(C)c1)C(C)(C)C. The molecule has 2 nitrogen and oxygen atoms in total. The number of hydrogen-bond donors (Lipinski definition) is 1. The third-order valence-corrected chi connectivity index (χ3v) is 3.46. The van der Waals surface area contributed by atoms with Crippen LogP contribution in [0.4, 0.5) is 0 Å². The number of ether oxygens (including phenoxy) is 1. The highest BCUT2D eigenvalue weighted by molar-refractivity contribution is 7.10. The van der Waals surface area contributed by atoms with Crippen molar-refractivity contribution in [2.24, 2.45) is 5.41 Å². The zero-order valence-corrected chi connectivity index (χ0v) is 11.6. The standard InChI is InChI=1S/C13H22O2S/c1-6-15-12(13(3,4)5)11(14)10-7-9(2)16-8-10/h7-8,11-12,14H,6H2,1-5H3. The summed E-state index contributed by atoms with van der Waals surface area (Å²) in [5.74, 6) is 0. The van der Waals surface area contributed by atoms with E-state index in [1.807, 2.05) is 25.3 Å². The van der Waals surface area contributed by atoms with Gasteiger partial charge in [-0.05, 0) is 36.3 Å². The number of rotatable bonds is 4. The Morgan fingerprint density at radius 3 is 2.44 bits per heavy atom. The van der Waals surface area contributed by atoms with Gasteiger partial charge in [-0.25, -0.2) is 0 Å². The fourth-order valence-electron chi connectivity index (χ4n) is 1.79. The van der Waals surface area contributed by atoms with Crippen molar-refractivity contribution in [2.75, 3.05) is 6.61 Å². The van der Waals surface area contributed by atoms with E-state index < -0.39 is 6.10 Å². The van der Waals surface area contributed by atoms with E-state index in [0.717, 1.165) is 5.56 Å². The molecule has 0 aliphatic carbocycles. The van der Waals surface area contributed by atoms with Crippen LogP contribution in [0.3, 0.4) is 0 Å². The second-order valence-electron chi connectivity index (χ2n) is 5.18. The molecule has 1 heterocycles. The minimum absolute atomic E-state index is 0.0642. The number of thiophene rings is 1. The molecule has 0 saturated heterocycles. The fourth-order valence-corrected chi connectivity index (χ4v) is 2.52. The van der Waals surface area contributed by atoms with Gasteiger partial charge in [-0.1, -0.05) is 20.8 Å². The molecule has 2 unspecified atom stereocenters. The van der Waals surface area contributed by atoms with Crippen molar-refractivity contribution >= 4 is 11.3 Å². The summed E-state index contributed by atoms with van der Waals surface area (Å²) in [5.41, 5.74) is 0.904. The summed E-state index contributed by atoms with van der Waals surface area (Å²) >= 11 is 1.66. The minimum Gasteiger partial charge on any atom is -0.386 e. The predicted octanol–water partition coefficient (Wildman–Crippen LogP) is 3.54. The summed E-state index contributed by atoms with van der Waals surface area (Å²) in [6.45, 7) is 10.9. The van der Waals surface area contributed by atoms with Gasteiger partial charge in [0.2, 0.25) is 0 Å². The molecule has 0 radical (unpaired) electrons. The first-order chi connectivity index (χ1) is 7.36. The van der Waals surface area contributed by atoms with Gasteiger partial charge in [-0.15, -0.1) is 11.3 Å². The second-order valence-corrected chi connectivity index (χ2v) is 6.29. The molecule has 1 aromatic heterocycles. The van der Waals surface area contributed by atoms with Crippen LogP contribution in [0.5, 0.6) is 0 Å². The van der Waals surface area contributed by atoms with Crippen molar-refractivity contribution in [3.8, 4) is 0 Å². The fraction of sp³-hybridized carbons (Fsp3) is 0.692. The van der Waals surface area contributed by atoms with Crippen molar-refractivity contribution in [1.29, 1.82) is 0 Å². The predicted molar refractivity (Wildman–Crippen MR) is 68.9 cm³/mol. The Kier molecular flexibility index (Phi) is 4.53. The van der Waals surface area contributed by atoms with Crippen LogP contribution in [-0.4, -0.2) is 17.8 Å². The molecule has 0 bridgehead atoms. The summed E-state index contributed by atoms with van der Waals surface area (Å²) in [5, 5.41) is 12.4. The van der Waals surface area contributed by atoms with Crippen LogP contribution in [0.1, 0.15) is 44.2 Å². The Bertz CT molecular complexity index is 325. The zero-order valence-electron chi connectivity index (χ0n) is 10.8. The van der Waals surface area contributed by atoms with E-state index in [1.54, 1.807) is 11.3 Å². The maximum atomic E-state index is 10.3. The molecule has 0 amide bonds. The van der Waals surface area contributed by atoms with Crippen LogP contribution in [0.2, 0.25) is 0 Å². The maximum Gasteiger partial charge on any atom is 0.106 e. The number of aryl methyl sites for hydroxylation is 1. The first-order valence-electron chi connectivity index (χ1n) is 5.71. The maximum absolute atomic E-state index is 10.3. The highest BCUT2D eigenvalue weighted by Crippen LogP contribution is 2.34. The van der Waals surface area contributed by atoms with Gasteiger partial charge in [-0.2, -0.15) is 0 Å².